The first-order chi connectivity index (χ1) is 5.00. The van der Waals surface area contributed by atoms with E-state index in [9.17, 15) is 30.7 Å². The third-order valence-electron chi connectivity index (χ3n) is 1.78. The SMILES string of the molecule is [CH2]C1(F)C(F)(F)C(F)(F)C1(F)F. The quantitative estimate of drug-likeness (QED) is 0.521. The number of hydrogen-bond donors (Lipinski definition) is 0. The molecule has 0 N–H and O–H groups in total. The lowest BCUT2D eigenvalue weighted by molar-refractivity contribution is -0.460. The number of hydrogen-bond acceptors (Lipinski definition) is 0. The van der Waals surface area contributed by atoms with E-state index in [1.54, 1.807) is 6.92 Å². The fraction of sp³-hybridized carbons (Fsp3) is 0.800. The minimum atomic E-state index is -5.66. The molecule has 0 heterocycles. The van der Waals surface area contributed by atoms with Gasteiger partial charge in [-0.05, 0) is 6.92 Å². The van der Waals surface area contributed by atoms with E-state index in [4.69, 9.17) is 0 Å². The summed E-state index contributed by atoms with van der Waals surface area (Å²) in [5.74, 6) is -16.5. The molecule has 1 rings (SSSR count). The van der Waals surface area contributed by atoms with Gasteiger partial charge in [-0.3, -0.25) is 0 Å². The zero-order chi connectivity index (χ0) is 10.0. The fourth-order valence-corrected chi connectivity index (χ4v) is 0.830. The summed E-state index contributed by atoms with van der Waals surface area (Å²) in [6, 6.07) is 0. The van der Waals surface area contributed by atoms with Gasteiger partial charge in [-0.2, -0.15) is 26.3 Å². The summed E-state index contributed by atoms with van der Waals surface area (Å²) < 4.78 is 83.5. The van der Waals surface area contributed by atoms with Gasteiger partial charge in [0.15, 0.2) is 0 Å². The van der Waals surface area contributed by atoms with Crippen LogP contribution >= 0.6 is 0 Å². The van der Waals surface area contributed by atoms with Crippen molar-refractivity contribution in [1.82, 2.24) is 0 Å². The fourth-order valence-electron chi connectivity index (χ4n) is 0.830. The Kier molecular flexibility index (Phi) is 1.38. The van der Waals surface area contributed by atoms with Gasteiger partial charge in [-0.25, -0.2) is 4.39 Å². The summed E-state index contributed by atoms with van der Waals surface area (Å²) in [6.45, 7) is 1.73. The third-order valence-corrected chi connectivity index (χ3v) is 1.78. The molecule has 0 aromatic carbocycles. The predicted molar refractivity (Wildman–Crippen MR) is 24.0 cm³/mol. The lowest BCUT2D eigenvalue weighted by Gasteiger charge is -2.52. The van der Waals surface area contributed by atoms with Gasteiger partial charge in [0, 0.05) is 0 Å². The molecule has 7 heteroatoms. The van der Waals surface area contributed by atoms with Crippen molar-refractivity contribution in [3.8, 4) is 0 Å². The van der Waals surface area contributed by atoms with Crippen molar-refractivity contribution in [3.05, 3.63) is 6.92 Å². The van der Waals surface area contributed by atoms with Crippen LogP contribution in [-0.2, 0) is 0 Å². The Bertz CT molecular complexity index is 152. The minimum absolute atomic E-state index is 1.73. The Morgan fingerprint density at radius 3 is 0.917 bits per heavy atom. The molecule has 0 atom stereocenters. The molecule has 0 bridgehead atoms. The Labute approximate surface area is 62.4 Å². The van der Waals surface area contributed by atoms with Crippen molar-refractivity contribution in [2.24, 2.45) is 0 Å². The van der Waals surface area contributed by atoms with E-state index in [1.807, 2.05) is 0 Å². The van der Waals surface area contributed by atoms with Crippen LogP contribution in [0.5, 0.6) is 0 Å². The van der Waals surface area contributed by atoms with Crippen LogP contribution in [0.3, 0.4) is 0 Å². The molecule has 71 valence electrons. The number of rotatable bonds is 0. The molecule has 0 aromatic rings. The molecule has 0 saturated heterocycles. The highest BCUT2D eigenvalue weighted by Gasteiger charge is 2.98. The molecule has 0 amide bonds. The first-order valence-electron chi connectivity index (χ1n) is 2.68. The zero-order valence-electron chi connectivity index (χ0n) is 5.35. The highest BCUT2D eigenvalue weighted by molar-refractivity contribution is 5.28. The Balaban J connectivity index is 3.16. The van der Waals surface area contributed by atoms with E-state index in [0.717, 1.165) is 0 Å². The number of alkyl halides is 7. The molecule has 0 aromatic heterocycles. The van der Waals surface area contributed by atoms with Crippen LogP contribution in [0.25, 0.3) is 0 Å². The van der Waals surface area contributed by atoms with Gasteiger partial charge >= 0.3 is 17.8 Å². The van der Waals surface area contributed by atoms with Gasteiger partial charge < -0.3 is 0 Å². The van der Waals surface area contributed by atoms with Crippen molar-refractivity contribution in [3.63, 3.8) is 0 Å². The third kappa shape index (κ3) is 0.546. The first-order valence-corrected chi connectivity index (χ1v) is 2.68. The van der Waals surface area contributed by atoms with Gasteiger partial charge in [-0.1, -0.05) is 0 Å². The van der Waals surface area contributed by atoms with E-state index in [1.165, 1.54) is 0 Å². The van der Waals surface area contributed by atoms with Crippen molar-refractivity contribution >= 4 is 0 Å². The molecular weight excluding hydrogens is 193 g/mol. The molecule has 1 saturated carbocycles. The summed E-state index contributed by atoms with van der Waals surface area (Å²) in [5.41, 5.74) is -4.72. The van der Waals surface area contributed by atoms with Crippen molar-refractivity contribution in [1.29, 1.82) is 0 Å². The maximum atomic E-state index is 12.2. The first kappa shape index (κ1) is 9.60. The minimum Gasteiger partial charge on any atom is -0.230 e. The molecule has 1 aliphatic rings. The summed E-state index contributed by atoms with van der Waals surface area (Å²) in [5, 5.41) is 0. The molecule has 0 unspecified atom stereocenters. The van der Waals surface area contributed by atoms with Crippen LogP contribution in [0.1, 0.15) is 0 Å². The topological polar surface area (TPSA) is 0 Å². The van der Waals surface area contributed by atoms with Crippen LogP contribution < -0.4 is 0 Å². The van der Waals surface area contributed by atoms with Crippen LogP contribution in [0.4, 0.5) is 30.7 Å². The van der Waals surface area contributed by atoms with Gasteiger partial charge in [-0.15, -0.1) is 0 Å². The van der Waals surface area contributed by atoms with E-state index >= 15 is 0 Å². The van der Waals surface area contributed by atoms with Gasteiger partial charge in [0.2, 0.25) is 5.67 Å². The molecule has 1 radical (unpaired) electrons. The second-order valence-electron chi connectivity index (χ2n) is 2.52. The Hall–Kier alpha value is -0.490. The molecule has 1 fully saturated rings. The molecular formula is C5H2F7. The van der Waals surface area contributed by atoms with E-state index in [2.05, 4.69) is 0 Å². The normalized spacial score (nSPS) is 34.0. The lowest BCUT2D eigenvalue weighted by Crippen LogP contribution is -2.83. The van der Waals surface area contributed by atoms with E-state index in [-0.39, 0.29) is 0 Å². The molecule has 12 heavy (non-hydrogen) atoms. The maximum absolute atomic E-state index is 12.2. The Morgan fingerprint density at radius 2 is 0.833 bits per heavy atom. The molecule has 0 aliphatic heterocycles. The summed E-state index contributed by atoms with van der Waals surface area (Å²) in [4.78, 5) is 0. The van der Waals surface area contributed by atoms with Crippen molar-refractivity contribution < 1.29 is 30.7 Å². The average molecular weight is 195 g/mol. The summed E-state index contributed by atoms with van der Waals surface area (Å²) in [6.07, 6.45) is 0. The zero-order valence-corrected chi connectivity index (χ0v) is 5.35. The molecule has 1 aliphatic carbocycles. The van der Waals surface area contributed by atoms with Crippen molar-refractivity contribution in [2.75, 3.05) is 0 Å². The predicted octanol–water partition coefficient (Wildman–Crippen LogP) is 2.45. The van der Waals surface area contributed by atoms with Crippen molar-refractivity contribution in [2.45, 2.75) is 23.4 Å². The summed E-state index contributed by atoms with van der Waals surface area (Å²) >= 11 is 0. The number of halogens is 7. The van der Waals surface area contributed by atoms with E-state index in [0.29, 0.717) is 0 Å². The van der Waals surface area contributed by atoms with Gasteiger partial charge in [0.1, 0.15) is 0 Å². The van der Waals surface area contributed by atoms with Gasteiger partial charge in [0.25, 0.3) is 0 Å². The Morgan fingerprint density at radius 1 is 0.583 bits per heavy atom. The lowest BCUT2D eigenvalue weighted by atomic mass is 9.71. The van der Waals surface area contributed by atoms with E-state index < -0.39 is 23.4 Å². The monoisotopic (exact) mass is 195 g/mol. The van der Waals surface area contributed by atoms with Crippen LogP contribution in [0, 0.1) is 6.92 Å². The van der Waals surface area contributed by atoms with Gasteiger partial charge in [0.05, 0.1) is 0 Å². The van der Waals surface area contributed by atoms with Crippen LogP contribution in [-0.4, -0.2) is 23.4 Å². The average Bonchev–Trinajstić information content (AvgIpc) is 1.84. The highest BCUT2D eigenvalue weighted by Crippen LogP contribution is 2.68. The smallest absolute Gasteiger partial charge is 0.230 e. The highest BCUT2D eigenvalue weighted by atomic mass is 19.4. The summed E-state index contributed by atoms with van der Waals surface area (Å²) in [7, 11) is 0. The maximum Gasteiger partial charge on any atom is 0.379 e. The van der Waals surface area contributed by atoms with Crippen LogP contribution in [0.2, 0.25) is 0 Å². The second kappa shape index (κ2) is 1.72. The molecule has 0 spiro atoms. The standard InChI is InChI=1S/C5H2F7/c1-2(6)3(7,8)5(11,12)4(2,9)10/h1H2. The second-order valence-corrected chi connectivity index (χ2v) is 2.52. The largest absolute Gasteiger partial charge is 0.379 e. The molecule has 0 nitrogen and oxygen atoms in total. The van der Waals surface area contributed by atoms with Crippen LogP contribution in [0.15, 0.2) is 0 Å².